The Balaban J connectivity index is 1.94. The Kier molecular flexibility index (Phi) is 8.02. The van der Waals surface area contributed by atoms with Gasteiger partial charge < -0.3 is 28.7 Å². The van der Waals surface area contributed by atoms with Gasteiger partial charge >= 0.3 is 0 Å². The van der Waals surface area contributed by atoms with Gasteiger partial charge in [0.05, 0.1) is 39.7 Å². The van der Waals surface area contributed by atoms with Crippen LogP contribution < -0.4 is 28.7 Å². The number of amides is 1. The first kappa shape index (κ1) is 27.1. The van der Waals surface area contributed by atoms with Crippen molar-refractivity contribution in [2.75, 3.05) is 59.4 Å². The molecule has 8 heteroatoms. The normalized spacial score (nSPS) is 10.7. The van der Waals surface area contributed by atoms with E-state index in [0.29, 0.717) is 38.7 Å². The number of ether oxygens (including phenoxy) is 4. The van der Waals surface area contributed by atoms with E-state index in [9.17, 15) is 4.79 Å². The second kappa shape index (κ2) is 11.2. The number of hydrogen-bond donors (Lipinski definition) is 0. The molecule has 0 atom stereocenters. The van der Waals surface area contributed by atoms with E-state index < -0.39 is 0 Å². The van der Waals surface area contributed by atoms with Crippen molar-refractivity contribution in [1.29, 1.82) is 0 Å². The van der Waals surface area contributed by atoms with Crippen molar-refractivity contribution in [3.8, 4) is 34.1 Å². The summed E-state index contributed by atoms with van der Waals surface area (Å²) in [6.45, 7) is 0. The van der Waals surface area contributed by atoms with Crippen LogP contribution in [0.25, 0.3) is 21.9 Å². The molecule has 0 bridgehead atoms. The molecule has 4 aromatic carbocycles. The van der Waals surface area contributed by atoms with Gasteiger partial charge in [-0.05, 0) is 63.3 Å². The van der Waals surface area contributed by atoms with E-state index in [4.69, 9.17) is 18.9 Å². The zero-order valence-electron chi connectivity index (χ0n) is 22.6. The van der Waals surface area contributed by atoms with Gasteiger partial charge in [-0.3, -0.25) is 4.79 Å². The Morgan fingerprint density at radius 2 is 1.39 bits per heavy atom. The Bertz CT molecular complexity index is 1480. The Morgan fingerprint density at radius 1 is 0.737 bits per heavy atom. The monoisotopic (exact) mass is 578 g/mol. The summed E-state index contributed by atoms with van der Waals surface area (Å²) < 4.78 is 23.2. The largest absolute Gasteiger partial charge is 0.493 e. The summed E-state index contributed by atoms with van der Waals surface area (Å²) >= 11 is 3.52. The number of methoxy groups -OCH3 is 4. The number of halogens is 1. The van der Waals surface area contributed by atoms with Gasteiger partial charge in [0, 0.05) is 42.3 Å². The van der Waals surface area contributed by atoms with Crippen LogP contribution in [0.15, 0.2) is 65.1 Å². The first-order valence-corrected chi connectivity index (χ1v) is 12.7. The van der Waals surface area contributed by atoms with Crippen LogP contribution in [0.5, 0.6) is 23.0 Å². The number of hydrogen-bond acceptors (Lipinski definition) is 6. The molecule has 0 aliphatic carbocycles. The third kappa shape index (κ3) is 4.72. The lowest BCUT2D eigenvalue weighted by Gasteiger charge is -2.24. The average molecular weight is 579 g/mol. The fourth-order valence-electron chi connectivity index (χ4n) is 4.60. The summed E-state index contributed by atoms with van der Waals surface area (Å²) in [6, 6.07) is 19.5. The Labute approximate surface area is 231 Å². The average Bonchev–Trinajstić information content (AvgIpc) is 2.94. The van der Waals surface area contributed by atoms with Crippen molar-refractivity contribution < 1.29 is 23.7 Å². The minimum atomic E-state index is -0.258. The quantitative estimate of drug-likeness (QED) is 0.233. The molecule has 0 aliphatic heterocycles. The number of carbonyl (C=O) groups excluding carboxylic acids is 1. The summed E-state index contributed by atoms with van der Waals surface area (Å²) in [7, 11) is 12.1. The molecule has 0 aromatic heterocycles. The highest BCUT2D eigenvalue weighted by atomic mass is 79.9. The maximum Gasteiger partial charge on any atom is 0.263 e. The zero-order valence-corrected chi connectivity index (χ0v) is 24.2. The first-order chi connectivity index (χ1) is 18.3. The van der Waals surface area contributed by atoms with Gasteiger partial charge in [-0.2, -0.15) is 0 Å². The highest BCUT2D eigenvalue weighted by Gasteiger charge is 2.26. The van der Waals surface area contributed by atoms with Gasteiger partial charge in [0.25, 0.3) is 5.91 Å². The molecule has 0 unspecified atom stereocenters. The van der Waals surface area contributed by atoms with Gasteiger partial charge in [0.15, 0.2) is 23.0 Å². The van der Waals surface area contributed by atoms with Crippen molar-refractivity contribution in [2.45, 2.75) is 0 Å². The van der Waals surface area contributed by atoms with Crippen LogP contribution in [-0.4, -0.2) is 55.5 Å². The molecule has 4 rings (SSSR count). The van der Waals surface area contributed by atoms with E-state index in [-0.39, 0.29) is 5.91 Å². The van der Waals surface area contributed by atoms with E-state index in [2.05, 4.69) is 40.2 Å². The highest BCUT2D eigenvalue weighted by molar-refractivity contribution is 9.10. The van der Waals surface area contributed by atoms with Crippen molar-refractivity contribution in [3.63, 3.8) is 0 Å². The zero-order chi connectivity index (χ0) is 27.6. The lowest BCUT2D eigenvalue weighted by molar-refractivity contribution is 0.0989. The van der Waals surface area contributed by atoms with Crippen LogP contribution in [0.2, 0.25) is 0 Å². The maximum atomic E-state index is 13.9. The minimum Gasteiger partial charge on any atom is -0.493 e. The van der Waals surface area contributed by atoms with Crippen molar-refractivity contribution >= 4 is 44.0 Å². The lowest BCUT2D eigenvalue weighted by atomic mass is 9.95. The van der Waals surface area contributed by atoms with Crippen LogP contribution in [0.4, 0.5) is 11.4 Å². The molecule has 0 saturated heterocycles. The van der Waals surface area contributed by atoms with Crippen LogP contribution in [-0.2, 0) is 0 Å². The van der Waals surface area contributed by atoms with Gasteiger partial charge in [0.1, 0.15) is 0 Å². The first-order valence-electron chi connectivity index (χ1n) is 11.9. The molecular weight excluding hydrogens is 548 g/mol. The molecule has 4 aromatic rings. The lowest BCUT2D eigenvalue weighted by Crippen LogP contribution is -2.27. The molecule has 0 aliphatic rings. The second-order valence-corrected chi connectivity index (χ2v) is 9.68. The van der Waals surface area contributed by atoms with Crippen molar-refractivity contribution in [2.24, 2.45) is 0 Å². The molecular formula is C30H31BrN2O5. The third-order valence-corrected chi connectivity index (χ3v) is 7.21. The number of rotatable bonds is 8. The smallest absolute Gasteiger partial charge is 0.263 e. The summed E-state index contributed by atoms with van der Waals surface area (Å²) in [5.74, 6) is 1.77. The minimum absolute atomic E-state index is 0.258. The molecule has 1 amide bonds. The Morgan fingerprint density at radius 3 is 1.97 bits per heavy atom. The summed E-state index contributed by atoms with van der Waals surface area (Å²) in [5, 5.41) is 1.76. The van der Waals surface area contributed by atoms with E-state index in [1.54, 1.807) is 45.4 Å². The Hall–Kier alpha value is -3.91. The number of benzene rings is 4. The topological polar surface area (TPSA) is 60.5 Å². The standard InChI is InChI=1S/C30H31BrN2O5/c1-32(2)19-13-11-18(12-14-19)26-20-9-8-10-23(21(20)17-25(36-5)29(26)38-7)33(3)30(34)27-22(31)15-16-24(35-4)28(27)37-6/h8-17H,1-7H3. The van der Waals surface area contributed by atoms with Crippen LogP contribution in [0.3, 0.4) is 0 Å². The van der Waals surface area contributed by atoms with Crippen LogP contribution in [0, 0.1) is 0 Å². The molecule has 38 heavy (non-hydrogen) atoms. The molecule has 0 spiro atoms. The van der Waals surface area contributed by atoms with Gasteiger partial charge in [-0.25, -0.2) is 0 Å². The van der Waals surface area contributed by atoms with E-state index in [1.165, 1.54) is 7.11 Å². The fraction of sp³-hybridized carbons (Fsp3) is 0.233. The number of fused-ring (bicyclic) bond motifs is 1. The molecule has 0 N–H and O–H groups in total. The number of carbonyl (C=O) groups is 1. The summed E-state index contributed by atoms with van der Waals surface area (Å²) in [6.07, 6.45) is 0. The predicted octanol–water partition coefficient (Wildman–Crippen LogP) is 6.65. The molecule has 0 saturated carbocycles. The summed E-state index contributed by atoms with van der Waals surface area (Å²) in [4.78, 5) is 17.5. The van der Waals surface area contributed by atoms with E-state index in [0.717, 1.165) is 27.6 Å². The molecule has 0 fully saturated rings. The maximum absolute atomic E-state index is 13.9. The number of nitrogens with zero attached hydrogens (tertiary/aromatic N) is 2. The SMILES string of the molecule is COc1ccc(Br)c(C(=O)N(C)c2cccc3c(-c4ccc(N(C)C)cc4)c(OC)c(OC)cc23)c1OC. The third-order valence-electron chi connectivity index (χ3n) is 6.55. The van der Waals surface area contributed by atoms with Crippen molar-refractivity contribution in [1.82, 2.24) is 0 Å². The molecule has 0 radical (unpaired) electrons. The van der Waals surface area contributed by atoms with Crippen molar-refractivity contribution in [3.05, 3.63) is 70.7 Å². The number of anilines is 2. The molecule has 0 heterocycles. The summed E-state index contributed by atoms with van der Waals surface area (Å²) in [5.41, 5.74) is 4.01. The fourth-order valence-corrected chi connectivity index (χ4v) is 5.09. The second-order valence-electron chi connectivity index (χ2n) is 8.82. The molecule has 7 nitrogen and oxygen atoms in total. The highest BCUT2D eigenvalue weighted by Crippen LogP contribution is 2.47. The van der Waals surface area contributed by atoms with E-state index in [1.807, 2.05) is 43.3 Å². The van der Waals surface area contributed by atoms with Crippen LogP contribution >= 0.6 is 15.9 Å². The van der Waals surface area contributed by atoms with Crippen LogP contribution in [0.1, 0.15) is 10.4 Å². The van der Waals surface area contributed by atoms with Gasteiger partial charge in [0.2, 0.25) is 0 Å². The predicted molar refractivity (Wildman–Crippen MR) is 157 cm³/mol. The van der Waals surface area contributed by atoms with Gasteiger partial charge in [-0.15, -0.1) is 0 Å². The van der Waals surface area contributed by atoms with E-state index >= 15 is 0 Å². The van der Waals surface area contributed by atoms with Gasteiger partial charge in [-0.1, -0.05) is 24.3 Å². The molecule has 198 valence electrons.